The van der Waals surface area contributed by atoms with Crippen LogP contribution >= 0.6 is 15.9 Å². The molecular weight excluding hydrogens is 316 g/mol. The Labute approximate surface area is 126 Å². The van der Waals surface area contributed by atoms with E-state index in [1.54, 1.807) is 0 Å². The molecule has 3 nitrogen and oxygen atoms in total. The molecule has 1 aromatic carbocycles. The highest BCUT2D eigenvalue weighted by Crippen LogP contribution is 2.44. The van der Waals surface area contributed by atoms with Crippen LogP contribution in [-0.4, -0.2) is 0 Å². The van der Waals surface area contributed by atoms with Gasteiger partial charge >= 0.3 is 0 Å². The molecule has 0 saturated carbocycles. The first-order chi connectivity index (χ1) is 9.70. The zero-order valence-corrected chi connectivity index (χ0v) is 12.6. The first-order valence-electron chi connectivity index (χ1n) is 6.75. The van der Waals surface area contributed by atoms with Crippen LogP contribution < -0.4 is 5.73 Å². The number of hydrogen-bond acceptors (Lipinski definition) is 3. The number of ether oxygens (including phenoxy) is 1. The van der Waals surface area contributed by atoms with Crippen LogP contribution in [0.2, 0.25) is 0 Å². The molecule has 0 spiro atoms. The second-order valence-corrected chi connectivity index (χ2v) is 6.05. The minimum Gasteiger partial charge on any atom is -0.445 e. The first kappa shape index (κ1) is 13.3. The Morgan fingerprint density at radius 2 is 2.10 bits per heavy atom. The molecule has 1 aliphatic heterocycles. The fourth-order valence-electron chi connectivity index (χ4n) is 3.00. The summed E-state index contributed by atoms with van der Waals surface area (Å²) in [6.45, 7) is 0. The van der Waals surface area contributed by atoms with Gasteiger partial charge < -0.3 is 10.5 Å². The molecule has 1 aromatic rings. The molecule has 1 unspecified atom stereocenters. The number of halogens is 1. The highest BCUT2D eigenvalue weighted by molar-refractivity contribution is 9.10. The van der Waals surface area contributed by atoms with Crippen molar-refractivity contribution in [2.75, 3.05) is 0 Å². The Hall–Kier alpha value is -1.73. The van der Waals surface area contributed by atoms with E-state index in [4.69, 9.17) is 10.5 Å². The fraction of sp³-hybridized carbons (Fsp3) is 0.312. The maximum absolute atomic E-state index is 9.45. The summed E-state index contributed by atoms with van der Waals surface area (Å²) in [5.41, 5.74) is 8.80. The molecule has 1 heterocycles. The molecule has 1 atom stereocenters. The van der Waals surface area contributed by atoms with E-state index in [1.165, 1.54) is 5.57 Å². The van der Waals surface area contributed by atoms with Gasteiger partial charge in [0.2, 0.25) is 5.88 Å². The summed E-state index contributed by atoms with van der Waals surface area (Å²) in [5.74, 6) is 1.18. The van der Waals surface area contributed by atoms with E-state index in [9.17, 15) is 5.26 Å². The van der Waals surface area contributed by atoms with Crippen LogP contribution in [0.15, 0.2) is 51.5 Å². The number of nitrogens with zero attached hydrogens (tertiary/aromatic N) is 1. The molecule has 0 aromatic heterocycles. The number of hydrogen-bond donors (Lipinski definition) is 1. The summed E-state index contributed by atoms with van der Waals surface area (Å²) in [7, 11) is 0. The average molecular weight is 331 g/mol. The zero-order valence-electron chi connectivity index (χ0n) is 11.0. The lowest BCUT2D eigenvalue weighted by atomic mass is 9.78. The molecule has 0 amide bonds. The second-order valence-electron chi connectivity index (χ2n) is 5.14. The molecule has 1 aliphatic carbocycles. The number of nitrogens with two attached hydrogens (primary N) is 1. The first-order valence-corrected chi connectivity index (χ1v) is 7.55. The van der Waals surface area contributed by atoms with E-state index in [1.807, 2.05) is 18.2 Å². The summed E-state index contributed by atoms with van der Waals surface area (Å²) in [6, 6.07) is 10.3. The summed E-state index contributed by atoms with van der Waals surface area (Å²) < 4.78 is 6.69. The van der Waals surface area contributed by atoms with Gasteiger partial charge in [-0.1, -0.05) is 28.1 Å². The normalized spacial score (nSPS) is 22.1. The van der Waals surface area contributed by atoms with Crippen molar-refractivity contribution in [1.82, 2.24) is 0 Å². The molecule has 20 heavy (non-hydrogen) atoms. The van der Waals surface area contributed by atoms with Crippen LogP contribution in [0.25, 0.3) is 0 Å². The zero-order chi connectivity index (χ0) is 14.1. The van der Waals surface area contributed by atoms with Crippen LogP contribution in [-0.2, 0) is 4.74 Å². The van der Waals surface area contributed by atoms with E-state index in [-0.39, 0.29) is 11.8 Å². The standard InChI is InChI=1S/C16H15BrN2O/c17-11-5-3-4-10(8-11)15-12-6-1-2-7-14(12)20-16(19)13(15)9-18/h3-5,8,15H,1-2,6-7,19H2. The fourth-order valence-corrected chi connectivity index (χ4v) is 3.42. The lowest BCUT2D eigenvalue weighted by Gasteiger charge is -2.32. The van der Waals surface area contributed by atoms with Gasteiger partial charge in [0.15, 0.2) is 0 Å². The number of allylic oxidation sites excluding steroid dienone is 3. The quantitative estimate of drug-likeness (QED) is 0.843. The highest BCUT2D eigenvalue weighted by Gasteiger charge is 2.33. The van der Waals surface area contributed by atoms with Crippen LogP contribution in [0.1, 0.15) is 37.2 Å². The van der Waals surface area contributed by atoms with Gasteiger partial charge in [0, 0.05) is 16.8 Å². The number of rotatable bonds is 1. The van der Waals surface area contributed by atoms with Crippen LogP contribution in [0.4, 0.5) is 0 Å². The number of benzene rings is 1. The van der Waals surface area contributed by atoms with Crippen molar-refractivity contribution in [3.63, 3.8) is 0 Å². The smallest absolute Gasteiger partial charge is 0.205 e. The van der Waals surface area contributed by atoms with Crippen molar-refractivity contribution in [3.05, 3.63) is 57.1 Å². The summed E-state index contributed by atoms with van der Waals surface area (Å²) in [5, 5.41) is 9.45. The maximum Gasteiger partial charge on any atom is 0.205 e. The molecule has 2 N–H and O–H groups in total. The van der Waals surface area contributed by atoms with E-state index < -0.39 is 0 Å². The van der Waals surface area contributed by atoms with Gasteiger partial charge in [-0.05, 0) is 42.5 Å². The van der Waals surface area contributed by atoms with E-state index in [2.05, 4.69) is 28.1 Å². The summed E-state index contributed by atoms with van der Waals surface area (Å²) in [4.78, 5) is 0. The molecule has 3 rings (SSSR count). The van der Waals surface area contributed by atoms with E-state index in [0.717, 1.165) is 41.5 Å². The van der Waals surface area contributed by atoms with Crippen LogP contribution in [0.5, 0.6) is 0 Å². The molecule has 0 fully saturated rings. The third-order valence-corrected chi connectivity index (χ3v) is 4.39. The van der Waals surface area contributed by atoms with E-state index >= 15 is 0 Å². The summed E-state index contributed by atoms with van der Waals surface area (Å²) >= 11 is 3.50. The highest BCUT2D eigenvalue weighted by atomic mass is 79.9. The van der Waals surface area contributed by atoms with Gasteiger partial charge in [0.25, 0.3) is 0 Å². The van der Waals surface area contributed by atoms with Crippen LogP contribution in [0.3, 0.4) is 0 Å². The van der Waals surface area contributed by atoms with Crippen molar-refractivity contribution in [2.24, 2.45) is 5.73 Å². The molecular formula is C16H15BrN2O. The SMILES string of the molecule is N#CC1=C(N)OC2=C(CCCC2)C1c1cccc(Br)c1. The Morgan fingerprint density at radius 3 is 2.85 bits per heavy atom. The maximum atomic E-state index is 9.45. The van der Waals surface area contributed by atoms with Gasteiger partial charge in [-0.15, -0.1) is 0 Å². The van der Waals surface area contributed by atoms with Gasteiger partial charge in [0.05, 0.1) is 0 Å². The van der Waals surface area contributed by atoms with Crippen molar-refractivity contribution >= 4 is 15.9 Å². The average Bonchev–Trinajstić information content (AvgIpc) is 2.45. The lowest BCUT2D eigenvalue weighted by Crippen LogP contribution is -2.22. The molecule has 4 heteroatoms. The Bertz CT molecular complexity index is 655. The largest absolute Gasteiger partial charge is 0.445 e. The van der Waals surface area contributed by atoms with Gasteiger partial charge in [-0.2, -0.15) is 5.26 Å². The van der Waals surface area contributed by atoms with Gasteiger partial charge in [-0.3, -0.25) is 0 Å². The third-order valence-electron chi connectivity index (χ3n) is 3.90. The molecule has 2 aliphatic rings. The predicted octanol–water partition coefficient (Wildman–Crippen LogP) is 4.08. The second kappa shape index (κ2) is 5.34. The van der Waals surface area contributed by atoms with Crippen molar-refractivity contribution < 1.29 is 4.74 Å². The Morgan fingerprint density at radius 1 is 1.30 bits per heavy atom. The molecule has 0 saturated heterocycles. The summed E-state index contributed by atoms with van der Waals surface area (Å²) in [6.07, 6.45) is 4.16. The van der Waals surface area contributed by atoms with E-state index in [0.29, 0.717) is 5.57 Å². The third kappa shape index (κ3) is 2.23. The van der Waals surface area contributed by atoms with Crippen molar-refractivity contribution in [2.45, 2.75) is 31.6 Å². The molecule has 102 valence electrons. The lowest BCUT2D eigenvalue weighted by molar-refractivity contribution is 0.251. The van der Waals surface area contributed by atoms with Crippen molar-refractivity contribution in [3.8, 4) is 6.07 Å². The van der Waals surface area contributed by atoms with Gasteiger partial charge in [0.1, 0.15) is 17.4 Å². The monoisotopic (exact) mass is 330 g/mol. The van der Waals surface area contributed by atoms with Crippen molar-refractivity contribution in [1.29, 1.82) is 5.26 Å². The predicted molar refractivity (Wildman–Crippen MR) is 80.3 cm³/mol. The minimum atomic E-state index is -0.0541. The number of nitriles is 1. The van der Waals surface area contributed by atoms with Gasteiger partial charge in [-0.25, -0.2) is 0 Å². The Kier molecular flexibility index (Phi) is 3.54. The minimum absolute atomic E-state index is 0.0541. The topological polar surface area (TPSA) is 59.0 Å². The molecule has 0 bridgehead atoms. The Balaban J connectivity index is 2.14. The molecule has 0 radical (unpaired) electrons. The van der Waals surface area contributed by atoms with Crippen LogP contribution in [0, 0.1) is 11.3 Å².